The van der Waals surface area contributed by atoms with E-state index in [1.165, 1.54) is 65.8 Å². The maximum atomic E-state index is 12.1. The molecule has 1 saturated heterocycles. The zero-order chi connectivity index (χ0) is 28.8. The fraction of sp³-hybridized carbons (Fsp3) is 0.333. The number of hydrogen-bond acceptors (Lipinski definition) is 4. The highest BCUT2D eigenvalue weighted by Crippen LogP contribution is 2.47. The van der Waals surface area contributed by atoms with Gasteiger partial charge in [-0.1, -0.05) is 62.2 Å². The average Bonchev–Trinajstić information content (AvgIpc) is 3.75. The fourth-order valence-corrected chi connectivity index (χ4v) is 8.22. The summed E-state index contributed by atoms with van der Waals surface area (Å²) in [4.78, 5) is 20.0. The van der Waals surface area contributed by atoms with Gasteiger partial charge < -0.3 is 14.6 Å². The summed E-state index contributed by atoms with van der Waals surface area (Å²) in [5.41, 5.74) is 10.2. The summed E-state index contributed by atoms with van der Waals surface area (Å²) in [6.07, 6.45) is 8.41. The van der Waals surface area contributed by atoms with E-state index >= 15 is 0 Å². The van der Waals surface area contributed by atoms with Gasteiger partial charge in [0.2, 0.25) is 0 Å². The molecule has 0 bridgehead atoms. The number of nitrogens with zero attached hydrogens (tertiary/aromatic N) is 3. The maximum Gasteiger partial charge on any atom is 0.345 e. The number of aromatic nitrogens is 2. The highest BCUT2D eigenvalue weighted by atomic mass is 32.1. The molecular weight excluding hydrogens is 538 g/mol. The molecule has 7 rings (SSSR count). The molecule has 42 heavy (non-hydrogen) atoms. The minimum atomic E-state index is -0.849. The lowest BCUT2D eigenvalue weighted by atomic mass is 9.83. The third kappa shape index (κ3) is 4.82. The standard InChI is InChI=1S/C36H37N3O2S/c1-23-10-6-7-13-28(23)30-17-14-26-20-27(15-16-29(26)37-30)34-33(25-11-4-3-5-12-25)35-31(21-32(42-35)36(40)41)39(34)22-24(2)38-18-8-9-19-38/h6-7,10,13-17,20-21,25H,2-5,8-9,11-12,18-19,22H2,1H3,(H,40,41). The Hall–Kier alpha value is -3.90. The van der Waals surface area contributed by atoms with Crippen molar-refractivity contribution in [1.82, 2.24) is 14.5 Å². The average molecular weight is 576 g/mol. The third-order valence-electron chi connectivity index (χ3n) is 9.27. The van der Waals surface area contributed by atoms with Crippen LogP contribution in [0.5, 0.6) is 0 Å². The number of pyridine rings is 1. The molecule has 0 radical (unpaired) electrons. The van der Waals surface area contributed by atoms with Crippen LogP contribution in [0.3, 0.4) is 0 Å². The second-order valence-electron chi connectivity index (χ2n) is 12.0. The summed E-state index contributed by atoms with van der Waals surface area (Å²) in [6.45, 7) is 9.40. The van der Waals surface area contributed by atoms with Crippen molar-refractivity contribution < 1.29 is 9.90 Å². The lowest BCUT2D eigenvalue weighted by Gasteiger charge is -2.25. The van der Waals surface area contributed by atoms with Crippen molar-refractivity contribution in [2.24, 2.45) is 0 Å². The summed E-state index contributed by atoms with van der Waals surface area (Å²) in [7, 11) is 0. The number of carboxylic acids is 1. The number of rotatable bonds is 7. The van der Waals surface area contributed by atoms with Crippen LogP contribution in [-0.4, -0.2) is 38.6 Å². The van der Waals surface area contributed by atoms with E-state index < -0.39 is 5.97 Å². The quantitative estimate of drug-likeness (QED) is 0.210. The minimum Gasteiger partial charge on any atom is -0.477 e. The van der Waals surface area contributed by atoms with E-state index in [-0.39, 0.29) is 0 Å². The molecule has 2 aromatic carbocycles. The molecule has 0 atom stereocenters. The highest BCUT2D eigenvalue weighted by molar-refractivity contribution is 7.21. The maximum absolute atomic E-state index is 12.1. The smallest absolute Gasteiger partial charge is 0.345 e. The molecule has 3 aromatic heterocycles. The summed E-state index contributed by atoms with van der Waals surface area (Å²) in [6, 6.07) is 21.3. The number of thiophene rings is 1. The lowest BCUT2D eigenvalue weighted by molar-refractivity contribution is 0.0702. The van der Waals surface area contributed by atoms with Crippen LogP contribution in [-0.2, 0) is 6.54 Å². The number of hydrogen-bond donors (Lipinski definition) is 1. The van der Waals surface area contributed by atoms with Gasteiger partial charge in [-0.3, -0.25) is 0 Å². The predicted molar refractivity (Wildman–Crippen MR) is 173 cm³/mol. The van der Waals surface area contributed by atoms with Crippen LogP contribution in [0.1, 0.15) is 71.7 Å². The number of carbonyl (C=O) groups is 1. The predicted octanol–water partition coefficient (Wildman–Crippen LogP) is 9.25. The number of likely N-dealkylation sites (tertiary alicyclic amines) is 1. The SMILES string of the molecule is C=C(Cn1c(-c2ccc3nc(-c4ccccc4C)ccc3c2)c(C2CCCCC2)c2sc(C(=O)O)cc21)N1CCCC1. The molecular formula is C36H37N3O2S. The van der Waals surface area contributed by atoms with E-state index in [0.717, 1.165) is 64.0 Å². The first-order valence-corrected chi connectivity index (χ1v) is 16.1. The molecule has 2 aliphatic rings. The number of benzene rings is 2. The second kappa shape index (κ2) is 11.1. The van der Waals surface area contributed by atoms with E-state index in [1.807, 2.05) is 6.07 Å². The molecule has 214 valence electrons. The van der Waals surface area contributed by atoms with Gasteiger partial charge >= 0.3 is 5.97 Å². The molecule has 0 amide bonds. The topological polar surface area (TPSA) is 58.4 Å². The molecule has 1 aliphatic heterocycles. The normalized spacial score (nSPS) is 16.1. The monoisotopic (exact) mass is 575 g/mol. The molecule has 0 unspecified atom stereocenters. The molecule has 1 saturated carbocycles. The van der Waals surface area contributed by atoms with Crippen LogP contribution in [0.15, 0.2) is 72.9 Å². The van der Waals surface area contributed by atoms with E-state index in [9.17, 15) is 9.90 Å². The minimum absolute atomic E-state index is 0.413. The summed E-state index contributed by atoms with van der Waals surface area (Å²) >= 11 is 1.44. The van der Waals surface area contributed by atoms with Gasteiger partial charge in [0, 0.05) is 29.7 Å². The van der Waals surface area contributed by atoms with Crippen molar-refractivity contribution in [3.8, 4) is 22.5 Å². The zero-order valence-corrected chi connectivity index (χ0v) is 25.1. The summed E-state index contributed by atoms with van der Waals surface area (Å²) in [5, 5.41) is 11.1. The number of fused-ring (bicyclic) bond motifs is 2. The van der Waals surface area contributed by atoms with Crippen LogP contribution in [0.2, 0.25) is 0 Å². The van der Waals surface area contributed by atoms with Gasteiger partial charge in [-0.05, 0) is 79.5 Å². The molecule has 0 spiro atoms. The fourth-order valence-electron chi connectivity index (χ4n) is 7.10. The van der Waals surface area contributed by atoms with Crippen molar-refractivity contribution in [2.45, 2.75) is 64.3 Å². The van der Waals surface area contributed by atoms with Crippen molar-refractivity contribution >= 4 is 38.4 Å². The molecule has 1 N–H and O–H groups in total. The van der Waals surface area contributed by atoms with Crippen molar-refractivity contribution in [2.75, 3.05) is 13.1 Å². The highest BCUT2D eigenvalue weighted by Gasteiger charge is 2.30. The zero-order valence-electron chi connectivity index (χ0n) is 24.2. The first-order chi connectivity index (χ1) is 20.5. The van der Waals surface area contributed by atoms with Gasteiger partial charge in [0.05, 0.1) is 33.7 Å². The molecule has 2 fully saturated rings. The molecule has 6 heteroatoms. The second-order valence-corrected chi connectivity index (χ2v) is 13.0. The number of allylic oxidation sites excluding steroid dienone is 1. The largest absolute Gasteiger partial charge is 0.477 e. The third-order valence-corrected chi connectivity index (χ3v) is 10.4. The lowest BCUT2D eigenvalue weighted by Crippen LogP contribution is -2.21. The van der Waals surface area contributed by atoms with Crippen LogP contribution in [0, 0.1) is 6.92 Å². The Balaban J connectivity index is 1.40. The van der Waals surface area contributed by atoms with Gasteiger partial charge in [0.25, 0.3) is 0 Å². The van der Waals surface area contributed by atoms with Gasteiger partial charge in [-0.2, -0.15) is 0 Å². The Bertz CT molecular complexity index is 1820. The Morgan fingerprint density at radius 3 is 2.55 bits per heavy atom. The van der Waals surface area contributed by atoms with Crippen LogP contribution in [0.4, 0.5) is 0 Å². The Morgan fingerprint density at radius 2 is 1.79 bits per heavy atom. The van der Waals surface area contributed by atoms with E-state index in [0.29, 0.717) is 17.3 Å². The number of carboxylic acid groups (broad SMARTS) is 1. The molecule has 1 aliphatic carbocycles. The number of aryl methyl sites for hydroxylation is 1. The first kappa shape index (κ1) is 27.0. The number of aromatic carboxylic acids is 1. The summed E-state index contributed by atoms with van der Waals surface area (Å²) in [5.74, 6) is -0.423. The van der Waals surface area contributed by atoms with Crippen molar-refractivity contribution in [1.29, 1.82) is 0 Å². The Labute approximate surface area is 251 Å². The summed E-state index contributed by atoms with van der Waals surface area (Å²) < 4.78 is 3.51. The van der Waals surface area contributed by atoms with E-state index in [1.54, 1.807) is 0 Å². The first-order valence-electron chi connectivity index (χ1n) is 15.3. The van der Waals surface area contributed by atoms with Gasteiger partial charge in [-0.25, -0.2) is 9.78 Å². The Kier molecular flexibility index (Phi) is 7.10. The van der Waals surface area contributed by atoms with Gasteiger partial charge in [0.1, 0.15) is 4.88 Å². The van der Waals surface area contributed by atoms with Crippen LogP contribution in [0.25, 0.3) is 43.6 Å². The van der Waals surface area contributed by atoms with Gasteiger partial charge in [0.15, 0.2) is 0 Å². The molecule has 4 heterocycles. The molecule has 5 nitrogen and oxygen atoms in total. The van der Waals surface area contributed by atoms with Crippen molar-refractivity contribution in [3.05, 3.63) is 88.9 Å². The molecule has 5 aromatic rings. The van der Waals surface area contributed by atoms with Crippen LogP contribution < -0.4 is 0 Å². The van der Waals surface area contributed by atoms with Gasteiger partial charge in [-0.15, -0.1) is 11.3 Å². The van der Waals surface area contributed by atoms with E-state index in [2.05, 4.69) is 77.6 Å². The van der Waals surface area contributed by atoms with E-state index in [4.69, 9.17) is 4.98 Å². The Morgan fingerprint density at radius 1 is 1.00 bits per heavy atom. The van der Waals surface area contributed by atoms with Crippen LogP contribution >= 0.6 is 11.3 Å². The van der Waals surface area contributed by atoms with Crippen molar-refractivity contribution in [3.63, 3.8) is 0 Å².